The average Bonchev–Trinajstić information content (AvgIpc) is 3.42. The van der Waals surface area contributed by atoms with Crippen LogP contribution >= 0.6 is 0 Å². The average molecular weight is 368 g/mol. The second kappa shape index (κ2) is 7.29. The highest BCUT2D eigenvalue weighted by molar-refractivity contribution is 5.86. The fourth-order valence-corrected chi connectivity index (χ4v) is 3.88. The molecule has 1 aliphatic carbocycles. The van der Waals surface area contributed by atoms with Gasteiger partial charge < -0.3 is 10.2 Å². The molecule has 1 aromatic carbocycles. The van der Waals surface area contributed by atoms with Gasteiger partial charge in [0.2, 0.25) is 5.91 Å². The predicted molar refractivity (Wildman–Crippen MR) is 103 cm³/mol. The Morgan fingerprint density at radius 2 is 2.11 bits per heavy atom. The summed E-state index contributed by atoms with van der Waals surface area (Å²) < 4.78 is 1.97. The maximum atomic E-state index is 12.9. The van der Waals surface area contributed by atoms with Crippen molar-refractivity contribution in [3.05, 3.63) is 35.7 Å². The molecular formula is C20H28N6O. The van der Waals surface area contributed by atoms with Gasteiger partial charge >= 0.3 is 0 Å². The Morgan fingerprint density at radius 1 is 1.33 bits per heavy atom. The predicted octanol–water partition coefficient (Wildman–Crippen LogP) is 2.81. The standard InChI is InChI=1S/C20H28N6O/c1-4-13(2)21-20(27)17-11-14(3)25(18-8-6-5-7-16(17)18)12-19-22-23-24-26(19)15-9-10-15/h5-8,13-15,17H,4,9-12H2,1-3H3,(H,21,27)/t13-,14+,17-/m0/s1. The molecule has 1 N–H and O–H groups in total. The topological polar surface area (TPSA) is 75.9 Å². The van der Waals surface area contributed by atoms with Crippen molar-refractivity contribution in [2.24, 2.45) is 0 Å². The number of benzene rings is 1. The normalized spacial score (nSPS) is 23.0. The summed E-state index contributed by atoms with van der Waals surface area (Å²) in [6, 6.07) is 9.14. The van der Waals surface area contributed by atoms with Gasteiger partial charge in [0.25, 0.3) is 0 Å². The first-order chi connectivity index (χ1) is 13.1. The van der Waals surface area contributed by atoms with E-state index in [1.54, 1.807) is 0 Å². The molecule has 1 aromatic heterocycles. The highest BCUT2D eigenvalue weighted by Crippen LogP contribution is 2.40. The molecule has 3 atom stereocenters. The van der Waals surface area contributed by atoms with Gasteiger partial charge in [-0.05, 0) is 61.6 Å². The van der Waals surface area contributed by atoms with Crippen LogP contribution in [0.2, 0.25) is 0 Å². The van der Waals surface area contributed by atoms with Gasteiger partial charge in [-0.25, -0.2) is 4.68 Å². The lowest BCUT2D eigenvalue weighted by Crippen LogP contribution is -2.44. The van der Waals surface area contributed by atoms with Crippen LogP contribution in [0, 0.1) is 0 Å². The van der Waals surface area contributed by atoms with Crippen molar-refractivity contribution in [1.82, 2.24) is 25.5 Å². The van der Waals surface area contributed by atoms with E-state index in [-0.39, 0.29) is 23.9 Å². The minimum absolute atomic E-state index is 0.110. The largest absolute Gasteiger partial charge is 0.361 e. The Labute approximate surface area is 160 Å². The quantitative estimate of drug-likeness (QED) is 0.848. The molecule has 4 rings (SSSR count). The SMILES string of the molecule is CC[C@H](C)NC(=O)[C@H]1C[C@@H](C)N(Cc2nnnn2C2CC2)c2ccccc21. The van der Waals surface area contributed by atoms with E-state index in [2.05, 4.69) is 58.6 Å². The van der Waals surface area contributed by atoms with Crippen LogP contribution in [0.15, 0.2) is 24.3 Å². The first kappa shape index (κ1) is 17.9. The number of hydrogen-bond donors (Lipinski definition) is 1. The summed E-state index contributed by atoms with van der Waals surface area (Å²) in [7, 11) is 0. The highest BCUT2D eigenvalue weighted by Gasteiger charge is 2.36. The summed E-state index contributed by atoms with van der Waals surface area (Å²) in [5.41, 5.74) is 2.22. The minimum atomic E-state index is -0.110. The Balaban J connectivity index is 1.61. The van der Waals surface area contributed by atoms with Crippen LogP contribution in [0.5, 0.6) is 0 Å². The van der Waals surface area contributed by atoms with Crippen molar-refractivity contribution < 1.29 is 4.79 Å². The number of carbonyl (C=O) groups is 1. The second-order valence-electron chi connectivity index (χ2n) is 7.91. The second-order valence-corrected chi connectivity index (χ2v) is 7.91. The van der Waals surface area contributed by atoms with Crippen LogP contribution < -0.4 is 10.2 Å². The maximum Gasteiger partial charge on any atom is 0.227 e. The van der Waals surface area contributed by atoms with Crippen LogP contribution in [0.3, 0.4) is 0 Å². The van der Waals surface area contributed by atoms with Gasteiger partial charge in [0.15, 0.2) is 5.82 Å². The molecule has 7 heteroatoms. The number of fused-ring (bicyclic) bond motifs is 1. The van der Waals surface area contributed by atoms with E-state index in [1.807, 2.05) is 16.8 Å². The first-order valence-electron chi connectivity index (χ1n) is 10.0. The van der Waals surface area contributed by atoms with Crippen molar-refractivity contribution in [3.8, 4) is 0 Å². The zero-order chi connectivity index (χ0) is 19.0. The number of nitrogens with one attached hydrogen (secondary N) is 1. The fourth-order valence-electron chi connectivity index (χ4n) is 3.88. The third kappa shape index (κ3) is 3.55. The molecule has 0 bridgehead atoms. The van der Waals surface area contributed by atoms with Crippen LogP contribution in [0.4, 0.5) is 5.69 Å². The van der Waals surface area contributed by atoms with Crippen molar-refractivity contribution in [3.63, 3.8) is 0 Å². The van der Waals surface area contributed by atoms with Gasteiger partial charge in [-0.3, -0.25) is 4.79 Å². The zero-order valence-electron chi connectivity index (χ0n) is 16.3. The molecule has 7 nitrogen and oxygen atoms in total. The molecule has 0 saturated heterocycles. The van der Waals surface area contributed by atoms with Crippen LogP contribution in [-0.2, 0) is 11.3 Å². The fraction of sp³-hybridized carbons (Fsp3) is 0.600. The van der Waals surface area contributed by atoms with E-state index >= 15 is 0 Å². The summed E-state index contributed by atoms with van der Waals surface area (Å²) in [6.45, 7) is 7.00. The number of rotatable bonds is 6. The van der Waals surface area contributed by atoms with Crippen LogP contribution in [0.25, 0.3) is 0 Å². The van der Waals surface area contributed by atoms with Gasteiger partial charge in [0.05, 0.1) is 18.5 Å². The number of amides is 1. The van der Waals surface area contributed by atoms with E-state index in [1.165, 1.54) is 0 Å². The molecule has 1 saturated carbocycles. The Morgan fingerprint density at radius 3 is 2.85 bits per heavy atom. The molecule has 0 spiro atoms. The summed E-state index contributed by atoms with van der Waals surface area (Å²) in [5.74, 6) is 0.925. The number of anilines is 1. The highest BCUT2D eigenvalue weighted by atomic mass is 16.1. The molecule has 0 radical (unpaired) electrons. The van der Waals surface area contributed by atoms with Crippen molar-refractivity contribution in [2.45, 2.75) is 77.0 Å². The maximum absolute atomic E-state index is 12.9. The van der Waals surface area contributed by atoms with Crippen LogP contribution in [0.1, 0.15) is 69.8 Å². The minimum Gasteiger partial charge on any atom is -0.361 e. The van der Waals surface area contributed by atoms with Gasteiger partial charge in [0, 0.05) is 17.8 Å². The molecule has 0 unspecified atom stereocenters. The number of nitrogens with zero attached hydrogens (tertiary/aromatic N) is 5. The molecule has 27 heavy (non-hydrogen) atoms. The number of tetrazole rings is 1. The first-order valence-corrected chi connectivity index (χ1v) is 10.0. The molecule has 144 valence electrons. The Kier molecular flexibility index (Phi) is 4.85. The third-order valence-electron chi connectivity index (χ3n) is 5.81. The summed E-state index contributed by atoms with van der Waals surface area (Å²) in [4.78, 5) is 15.2. The smallest absolute Gasteiger partial charge is 0.227 e. The molecule has 1 aliphatic heterocycles. The monoisotopic (exact) mass is 368 g/mol. The summed E-state index contributed by atoms with van der Waals surface area (Å²) in [5, 5.41) is 15.5. The van der Waals surface area contributed by atoms with E-state index in [0.717, 1.165) is 42.8 Å². The molecule has 2 aliphatic rings. The lowest BCUT2D eigenvalue weighted by molar-refractivity contribution is -0.123. The summed E-state index contributed by atoms with van der Waals surface area (Å²) in [6.07, 6.45) is 4.04. The molecule has 2 aromatic rings. The number of carbonyl (C=O) groups excluding carboxylic acids is 1. The van der Waals surface area contributed by atoms with Crippen molar-refractivity contribution in [1.29, 1.82) is 0 Å². The van der Waals surface area contributed by atoms with Gasteiger partial charge in [0.1, 0.15) is 0 Å². The Bertz CT molecular complexity index is 814. The molecule has 1 fully saturated rings. The lowest BCUT2D eigenvalue weighted by Gasteiger charge is -2.40. The van der Waals surface area contributed by atoms with E-state index in [4.69, 9.17) is 0 Å². The number of hydrogen-bond acceptors (Lipinski definition) is 5. The van der Waals surface area contributed by atoms with Gasteiger partial charge in [-0.15, -0.1) is 5.10 Å². The zero-order valence-corrected chi connectivity index (χ0v) is 16.3. The van der Waals surface area contributed by atoms with Gasteiger partial charge in [-0.2, -0.15) is 0 Å². The van der Waals surface area contributed by atoms with E-state index in [9.17, 15) is 4.79 Å². The number of aromatic nitrogens is 4. The number of para-hydroxylation sites is 1. The summed E-state index contributed by atoms with van der Waals surface area (Å²) >= 11 is 0. The Hall–Kier alpha value is -2.44. The van der Waals surface area contributed by atoms with E-state index in [0.29, 0.717) is 12.6 Å². The van der Waals surface area contributed by atoms with Crippen LogP contribution in [-0.4, -0.2) is 38.2 Å². The molecular weight excluding hydrogens is 340 g/mol. The van der Waals surface area contributed by atoms with Crippen molar-refractivity contribution in [2.75, 3.05) is 4.90 Å². The molecule has 2 heterocycles. The van der Waals surface area contributed by atoms with Gasteiger partial charge in [-0.1, -0.05) is 25.1 Å². The lowest BCUT2D eigenvalue weighted by atomic mass is 9.85. The molecule has 1 amide bonds. The van der Waals surface area contributed by atoms with Crippen molar-refractivity contribution >= 4 is 11.6 Å². The third-order valence-corrected chi connectivity index (χ3v) is 5.81. The van der Waals surface area contributed by atoms with E-state index < -0.39 is 0 Å².